The number of amides is 2. The van der Waals surface area contributed by atoms with Crippen molar-refractivity contribution in [3.8, 4) is 0 Å². The van der Waals surface area contributed by atoms with E-state index in [1.165, 1.54) is 0 Å². The number of likely N-dealkylation sites (tertiary alicyclic amines) is 2. The molecular weight excluding hydrogens is 280 g/mol. The first-order chi connectivity index (χ1) is 10.3. The summed E-state index contributed by atoms with van der Waals surface area (Å²) in [7, 11) is 0. The summed E-state index contributed by atoms with van der Waals surface area (Å²) in [6.45, 7) is 7.98. The molecule has 0 saturated carbocycles. The summed E-state index contributed by atoms with van der Waals surface area (Å²) in [5.74, 6) is 0.363. The second kappa shape index (κ2) is 6.99. The van der Waals surface area contributed by atoms with Crippen LogP contribution in [0.25, 0.3) is 0 Å². The van der Waals surface area contributed by atoms with Crippen molar-refractivity contribution in [1.82, 2.24) is 9.80 Å². The predicted molar refractivity (Wildman–Crippen MR) is 85.2 cm³/mol. The zero-order valence-corrected chi connectivity index (χ0v) is 14.2. The van der Waals surface area contributed by atoms with Crippen LogP contribution in [0.1, 0.15) is 52.9 Å². The number of hydrogen-bond acceptors (Lipinski definition) is 3. The maximum Gasteiger partial charge on any atom is 0.227 e. The van der Waals surface area contributed by atoms with Crippen molar-refractivity contribution in [1.29, 1.82) is 0 Å². The second-order valence-corrected chi connectivity index (χ2v) is 7.68. The van der Waals surface area contributed by atoms with E-state index >= 15 is 0 Å². The zero-order valence-electron chi connectivity index (χ0n) is 14.2. The average molecular weight is 310 g/mol. The molecule has 1 atom stereocenters. The first-order valence-corrected chi connectivity index (χ1v) is 8.55. The Hall–Kier alpha value is -1.10. The molecule has 0 aromatic rings. The fourth-order valence-corrected chi connectivity index (χ4v) is 3.52. The molecule has 22 heavy (non-hydrogen) atoms. The third-order valence-corrected chi connectivity index (χ3v) is 4.89. The van der Waals surface area contributed by atoms with Crippen molar-refractivity contribution in [2.24, 2.45) is 11.3 Å². The van der Waals surface area contributed by atoms with Crippen LogP contribution in [0.15, 0.2) is 0 Å². The molecule has 2 aliphatic rings. The van der Waals surface area contributed by atoms with Gasteiger partial charge in [-0.05, 0) is 32.1 Å². The molecule has 2 rings (SSSR count). The standard InChI is InChI=1S/C17H30N2O3/c1-17(2,3)16(22)18-10-7-13(8-11-18)15(21)19-9-5-4-6-14(19)12-20/h13-14,20H,4-12H2,1-3H3. The minimum absolute atomic E-state index is 0.00418. The number of carbonyl (C=O) groups is 2. The molecule has 2 aliphatic heterocycles. The number of carbonyl (C=O) groups excluding carboxylic acids is 2. The van der Waals surface area contributed by atoms with Crippen LogP contribution in [0, 0.1) is 11.3 Å². The van der Waals surface area contributed by atoms with E-state index in [9.17, 15) is 14.7 Å². The molecule has 5 heteroatoms. The van der Waals surface area contributed by atoms with Gasteiger partial charge in [0.2, 0.25) is 11.8 Å². The van der Waals surface area contributed by atoms with Gasteiger partial charge in [-0.2, -0.15) is 0 Å². The van der Waals surface area contributed by atoms with Gasteiger partial charge in [0.25, 0.3) is 0 Å². The van der Waals surface area contributed by atoms with E-state index in [4.69, 9.17) is 0 Å². The first kappa shape index (κ1) is 17.3. The maximum atomic E-state index is 12.7. The Balaban J connectivity index is 1.91. The average Bonchev–Trinajstić information content (AvgIpc) is 2.52. The van der Waals surface area contributed by atoms with Crippen molar-refractivity contribution in [3.05, 3.63) is 0 Å². The molecule has 126 valence electrons. The van der Waals surface area contributed by atoms with Crippen LogP contribution >= 0.6 is 0 Å². The highest BCUT2D eigenvalue weighted by Gasteiger charge is 2.35. The monoisotopic (exact) mass is 310 g/mol. The third kappa shape index (κ3) is 3.80. The fourth-order valence-electron chi connectivity index (χ4n) is 3.52. The minimum Gasteiger partial charge on any atom is -0.394 e. The minimum atomic E-state index is -0.355. The van der Waals surface area contributed by atoms with Crippen molar-refractivity contribution < 1.29 is 14.7 Å². The lowest BCUT2D eigenvalue weighted by Crippen LogP contribution is -2.51. The van der Waals surface area contributed by atoms with Gasteiger partial charge in [0.1, 0.15) is 0 Å². The Morgan fingerprint density at radius 2 is 1.68 bits per heavy atom. The first-order valence-electron chi connectivity index (χ1n) is 8.55. The number of hydrogen-bond donors (Lipinski definition) is 1. The van der Waals surface area contributed by atoms with Gasteiger partial charge in [-0.3, -0.25) is 9.59 Å². The van der Waals surface area contributed by atoms with Crippen molar-refractivity contribution in [3.63, 3.8) is 0 Å². The van der Waals surface area contributed by atoms with E-state index in [0.717, 1.165) is 38.6 Å². The molecular formula is C17H30N2O3. The number of nitrogens with zero attached hydrogens (tertiary/aromatic N) is 2. The smallest absolute Gasteiger partial charge is 0.227 e. The van der Waals surface area contributed by atoms with Gasteiger partial charge in [-0.15, -0.1) is 0 Å². The van der Waals surface area contributed by atoms with Crippen LogP contribution in [-0.2, 0) is 9.59 Å². The quantitative estimate of drug-likeness (QED) is 0.843. The summed E-state index contributed by atoms with van der Waals surface area (Å²) in [6, 6.07) is -0.00418. The number of piperidine rings is 2. The normalized spacial score (nSPS) is 24.5. The van der Waals surface area contributed by atoms with Gasteiger partial charge in [0, 0.05) is 31.0 Å². The second-order valence-electron chi connectivity index (χ2n) is 7.68. The molecule has 0 radical (unpaired) electrons. The van der Waals surface area contributed by atoms with Gasteiger partial charge in [-0.25, -0.2) is 0 Å². The third-order valence-electron chi connectivity index (χ3n) is 4.89. The largest absolute Gasteiger partial charge is 0.394 e. The van der Waals surface area contributed by atoms with Crippen LogP contribution in [-0.4, -0.2) is 59.0 Å². The summed E-state index contributed by atoms with van der Waals surface area (Å²) in [5, 5.41) is 9.47. The predicted octanol–water partition coefficient (Wildman–Crippen LogP) is 1.64. The van der Waals surface area contributed by atoms with E-state index < -0.39 is 0 Å². The van der Waals surface area contributed by atoms with Gasteiger partial charge in [0.15, 0.2) is 0 Å². The van der Waals surface area contributed by atoms with Gasteiger partial charge in [-0.1, -0.05) is 20.8 Å². The van der Waals surface area contributed by atoms with Crippen molar-refractivity contribution in [2.75, 3.05) is 26.2 Å². The van der Waals surface area contributed by atoms with Gasteiger partial charge in [0.05, 0.1) is 12.6 Å². The van der Waals surface area contributed by atoms with Gasteiger partial charge < -0.3 is 14.9 Å². The molecule has 0 aromatic heterocycles. The lowest BCUT2D eigenvalue weighted by atomic mass is 9.89. The highest BCUT2D eigenvalue weighted by molar-refractivity contribution is 5.83. The Labute approximate surface area is 133 Å². The van der Waals surface area contributed by atoms with Gasteiger partial charge >= 0.3 is 0 Å². The number of rotatable bonds is 2. The molecule has 2 amide bonds. The molecule has 2 saturated heterocycles. The molecule has 2 fully saturated rings. The molecule has 0 aliphatic carbocycles. The highest BCUT2D eigenvalue weighted by atomic mass is 16.3. The summed E-state index contributed by atoms with van der Waals surface area (Å²) >= 11 is 0. The Kier molecular flexibility index (Phi) is 5.48. The van der Waals surface area contributed by atoms with E-state index in [0.29, 0.717) is 13.1 Å². The summed E-state index contributed by atoms with van der Waals surface area (Å²) in [6.07, 6.45) is 4.52. The summed E-state index contributed by atoms with van der Waals surface area (Å²) in [5.41, 5.74) is -0.355. The Morgan fingerprint density at radius 3 is 2.23 bits per heavy atom. The zero-order chi connectivity index (χ0) is 16.3. The van der Waals surface area contributed by atoms with Crippen molar-refractivity contribution >= 4 is 11.8 Å². The van der Waals surface area contributed by atoms with E-state index in [1.54, 1.807) is 0 Å². The summed E-state index contributed by atoms with van der Waals surface area (Å²) in [4.78, 5) is 28.8. The topological polar surface area (TPSA) is 60.9 Å². The molecule has 1 unspecified atom stereocenters. The molecule has 0 bridgehead atoms. The van der Waals surface area contributed by atoms with E-state index in [2.05, 4.69) is 0 Å². The number of aliphatic hydroxyl groups is 1. The van der Waals surface area contributed by atoms with Crippen LogP contribution in [0.5, 0.6) is 0 Å². The summed E-state index contributed by atoms with van der Waals surface area (Å²) < 4.78 is 0. The SMILES string of the molecule is CC(C)(C)C(=O)N1CCC(C(=O)N2CCCCC2CO)CC1. The highest BCUT2D eigenvalue weighted by Crippen LogP contribution is 2.27. The lowest BCUT2D eigenvalue weighted by Gasteiger charge is -2.40. The Morgan fingerprint density at radius 1 is 1.05 bits per heavy atom. The van der Waals surface area contributed by atoms with Crippen LogP contribution in [0.2, 0.25) is 0 Å². The lowest BCUT2D eigenvalue weighted by molar-refractivity contribution is -0.147. The molecule has 1 N–H and O–H groups in total. The van der Waals surface area contributed by atoms with E-state index in [1.807, 2.05) is 30.6 Å². The van der Waals surface area contributed by atoms with E-state index in [-0.39, 0.29) is 35.8 Å². The molecule has 2 heterocycles. The van der Waals surface area contributed by atoms with Crippen molar-refractivity contribution in [2.45, 2.75) is 58.9 Å². The molecule has 5 nitrogen and oxygen atoms in total. The maximum absolute atomic E-state index is 12.7. The fraction of sp³-hybridized carbons (Fsp3) is 0.882. The Bertz CT molecular complexity index is 409. The van der Waals surface area contributed by atoms with Crippen LogP contribution < -0.4 is 0 Å². The molecule has 0 aromatic carbocycles. The number of aliphatic hydroxyl groups excluding tert-OH is 1. The van der Waals surface area contributed by atoms with Crippen LogP contribution in [0.4, 0.5) is 0 Å². The molecule has 0 spiro atoms. The van der Waals surface area contributed by atoms with Crippen LogP contribution in [0.3, 0.4) is 0 Å².